The van der Waals surface area contributed by atoms with Crippen LogP contribution in [0.15, 0.2) is 18.7 Å². The Morgan fingerprint density at radius 1 is 1.44 bits per heavy atom. The van der Waals surface area contributed by atoms with E-state index in [2.05, 4.69) is 4.98 Å². The lowest BCUT2D eigenvalue weighted by Gasteiger charge is -2.37. The van der Waals surface area contributed by atoms with Gasteiger partial charge in [0.25, 0.3) is 0 Å². The van der Waals surface area contributed by atoms with Crippen molar-refractivity contribution < 1.29 is 18.3 Å². The molecule has 2 heterocycles. The van der Waals surface area contributed by atoms with Crippen LogP contribution in [0.25, 0.3) is 0 Å². The fraction of sp³-hybridized carbons (Fsp3) is 0.556. The molecule has 9 heteroatoms. The predicted molar refractivity (Wildman–Crippen MR) is 62.3 cm³/mol. The third kappa shape index (κ3) is 2.18. The summed E-state index contributed by atoms with van der Waals surface area (Å²) in [4.78, 5) is 15.8. The van der Waals surface area contributed by atoms with Crippen LogP contribution < -0.4 is 0 Å². The number of carboxylic acid groups (broad SMARTS) is 1. The molecule has 1 aromatic rings. The molecule has 8 nitrogen and oxygen atoms in total. The molecule has 0 bridgehead atoms. The summed E-state index contributed by atoms with van der Waals surface area (Å²) in [5.74, 6) is 0. The van der Waals surface area contributed by atoms with Crippen LogP contribution in [0, 0.1) is 0 Å². The van der Waals surface area contributed by atoms with Gasteiger partial charge in [-0.05, 0) is 6.92 Å². The van der Waals surface area contributed by atoms with Crippen molar-refractivity contribution in [3.05, 3.63) is 18.7 Å². The Morgan fingerprint density at radius 3 is 2.67 bits per heavy atom. The average Bonchev–Trinajstić information content (AvgIpc) is 2.82. The van der Waals surface area contributed by atoms with Crippen LogP contribution in [0.1, 0.15) is 6.92 Å². The molecule has 1 saturated heterocycles. The van der Waals surface area contributed by atoms with E-state index in [1.807, 2.05) is 0 Å². The van der Waals surface area contributed by atoms with Crippen molar-refractivity contribution in [3.8, 4) is 0 Å². The van der Waals surface area contributed by atoms with E-state index >= 15 is 0 Å². The van der Waals surface area contributed by atoms with Gasteiger partial charge in [-0.1, -0.05) is 0 Å². The number of aromatic nitrogens is 2. The molecule has 0 spiro atoms. The third-order valence-corrected chi connectivity index (χ3v) is 4.64. The SMILES string of the molecule is C[C@H]1CN(S(=O)(=O)n2ccnc2)CCN1C(=O)O. The van der Waals surface area contributed by atoms with Gasteiger partial charge in [-0.2, -0.15) is 12.7 Å². The van der Waals surface area contributed by atoms with Gasteiger partial charge in [0.2, 0.25) is 0 Å². The number of rotatable bonds is 2. The Labute approximate surface area is 105 Å². The van der Waals surface area contributed by atoms with E-state index in [4.69, 9.17) is 5.11 Å². The molecular weight excluding hydrogens is 260 g/mol. The van der Waals surface area contributed by atoms with Crippen LogP contribution >= 0.6 is 0 Å². The molecule has 0 unspecified atom stereocenters. The van der Waals surface area contributed by atoms with Crippen LogP contribution in [0.2, 0.25) is 0 Å². The average molecular weight is 274 g/mol. The van der Waals surface area contributed by atoms with Crippen molar-refractivity contribution in [2.75, 3.05) is 19.6 Å². The van der Waals surface area contributed by atoms with Gasteiger partial charge in [0.05, 0.1) is 0 Å². The number of amides is 1. The Morgan fingerprint density at radius 2 is 2.17 bits per heavy atom. The molecule has 0 aromatic carbocycles. The van der Waals surface area contributed by atoms with Gasteiger partial charge >= 0.3 is 16.3 Å². The molecule has 0 saturated carbocycles. The molecule has 1 aromatic heterocycles. The summed E-state index contributed by atoms with van der Waals surface area (Å²) in [5, 5.41) is 8.92. The first-order valence-corrected chi connectivity index (χ1v) is 6.81. The summed E-state index contributed by atoms with van der Waals surface area (Å²) in [6, 6.07) is -0.366. The number of hydrogen-bond acceptors (Lipinski definition) is 4. The fourth-order valence-corrected chi connectivity index (χ4v) is 3.30. The van der Waals surface area contributed by atoms with E-state index < -0.39 is 16.3 Å². The summed E-state index contributed by atoms with van der Waals surface area (Å²) >= 11 is 0. The van der Waals surface area contributed by atoms with E-state index in [1.165, 1.54) is 27.9 Å². The predicted octanol–water partition coefficient (Wildman–Crippen LogP) is -0.340. The first-order valence-electron chi connectivity index (χ1n) is 5.41. The summed E-state index contributed by atoms with van der Waals surface area (Å²) < 4.78 is 26.6. The van der Waals surface area contributed by atoms with Gasteiger partial charge in [-0.3, -0.25) is 0 Å². The lowest BCUT2D eigenvalue weighted by atomic mass is 10.2. The molecule has 1 atom stereocenters. The highest BCUT2D eigenvalue weighted by Crippen LogP contribution is 2.14. The zero-order valence-corrected chi connectivity index (χ0v) is 10.6. The van der Waals surface area contributed by atoms with E-state index in [9.17, 15) is 13.2 Å². The maximum absolute atomic E-state index is 12.2. The van der Waals surface area contributed by atoms with Gasteiger partial charge in [-0.15, -0.1) is 0 Å². The summed E-state index contributed by atoms with van der Waals surface area (Å²) in [7, 11) is -3.63. The Balaban J connectivity index is 2.16. The Kier molecular flexibility index (Phi) is 3.26. The normalized spacial score (nSPS) is 22.1. The number of nitrogens with zero attached hydrogens (tertiary/aromatic N) is 4. The Bertz CT molecular complexity index is 527. The standard InChI is InChI=1S/C9H14N4O4S/c1-8-6-11(4-5-13(8)9(14)15)18(16,17)12-3-2-10-7-12/h2-3,7-8H,4-6H2,1H3,(H,14,15)/t8-/m0/s1. The molecule has 1 N–H and O–H groups in total. The first kappa shape index (κ1) is 12.8. The van der Waals surface area contributed by atoms with Crippen molar-refractivity contribution in [2.24, 2.45) is 0 Å². The van der Waals surface area contributed by atoms with E-state index in [-0.39, 0.29) is 25.7 Å². The van der Waals surface area contributed by atoms with Crippen LogP contribution in [0.5, 0.6) is 0 Å². The minimum atomic E-state index is -3.63. The third-order valence-electron chi connectivity index (χ3n) is 2.91. The number of imidazole rings is 1. The summed E-state index contributed by atoms with van der Waals surface area (Å²) in [5.41, 5.74) is 0. The maximum Gasteiger partial charge on any atom is 0.407 e. The molecular formula is C9H14N4O4S. The lowest BCUT2D eigenvalue weighted by molar-refractivity contribution is 0.0989. The zero-order valence-electron chi connectivity index (χ0n) is 9.80. The molecule has 100 valence electrons. The summed E-state index contributed by atoms with van der Waals surface area (Å²) in [6.45, 7) is 2.15. The fourth-order valence-electron chi connectivity index (χ4n) is 1.93. The van der Waals surface area contributed by atoms with Gasteiger partial charge < -0.3 is 10.0 Å². The van der Waals surface area contributed by atoms with Crippen LogP contribution in [0.4, 0.5) is 4.79 Å². The highest BCUT2D eigenvalue weighted by molar-refractivity contribution is 7.87. The van der Waals surface area contributed by atoms with Crippen molar-refractivity contribution in [3.63, 3.8) is 0 Å². The largest absolute Gasteiger partial charge is 0.465 e. The van der Waals surface area contributed by atoms with Gasteiger partial charge in [0.15, 0.2) is 0 Å². The smallest absolute Gasteiger partial charge is 0.407 e. The lowest BCUT2D eigenvalue weighted by Crippen LogP contribution is -2.55. The van der Waals surface area contributed by atoms with Gasteiger partial charge in [0.1, 0.15) is 6.33 Å². The molecule has 1 aliphatic heterocycles. The molecule has 1 fully saturated rings. The van der Waals surface area contributed by atoms with Gasteiger partial charge in [0, 0.05) is 38.1 Å². The molecule has 18 heavy (non-hydrogen) atoms. The minimum Gasteiger partial charge on any atom is -0.465 e. The van der Waals surface area contributed by atoms with Crippen LogP contribution in [0.3, 0.4) is 0 Å². The highest BCUT2D eigenvalue weighted by Gasteiger charge is 2.33. The van der Waals surface area contributed by atoms with E-state index in [0.717, 1.165) is 3.97 Å². The second kappa shape index (κ2) is 4.58. The molecule has 1 amide bonds. The number of carbonyl (C=O) groups is 1. The zero-order chi connectivity index (χ0) is 13.3. The quantitative estimate of drug-likeness (QED) is 0.796. The minimum absolute atomic E-state index is 0.146. The maximum atomic E-state index is 12.2. The first-order chi connectivity index (χ1) is 8.43. The second-order valence-corrected chi connectivity index (χ2v) is 5.92. The number of hydrogen-bond donors (Lipinski definition) is 1. The molecule has 1 aliphatic rings. The second-order valence-electron chi connectivity index (χ2n) is 4.08. The molecule has 0 aliphatic carbocycles. The van der Waals surface area contributed by atoms with E-state index in [1.54, 1.807) is 6.92 Å². The van der Waals surface area contributed by atoms with Crippen molar-refractivity contribution in [2.45, 2.75) is 13.0 Å². The number of piperazine rings is 1. The van der Waals surface area contributed by atoms with Crippen LogP contribution in [-0.2, 0) is 10.2 Å². The summed E-state index contributed by atoms with van der Waals surface area (Å²) in [6.07, 6.45) is 2.92. The Hall–Kier alpha value is -1.61. The van der Waals surface area contributed by atoms with Crippen molar-refractivity contribution in [1.29, 1.82) is 0 Å². The van der Waals surface area contributed by atoms with Gasteiger partial charge in [-0.25, -0.2) is 13.8 Å². The highest BCUT2D eigenvalue weighted by atomic mass is 32.2. The van der Waals surface area contributed by atoms with E-state index in [0.29, 0.717) is 0 Å². The van der Waals surface area contributed by atoms with Crippen molar-refractivity contribution in [1.82, 2.24) is 18.2 Å². The monoisotopic (exact) mass is 274 g/mol. The molecule has 0 radical (unpaired) electrons. The molecule has 2 rings (SSSR count). The van der Waals surface area contributed by atoms with Crippen LogP contribution in [-0.4, -0.2) is 63.5 Å². The van der Waals surface area contributed by atoms with Crippen molar-refractivity contribution >= 4 is 16.3 Å². The topological polar surface area (TPSA) is 95.7 Å².